The van der Waals surface area contributed by atoms with E-state index in [9.17, 15) is 0 Å². The maximum Gasteiger partial charge on any atom is 0.163 e. The van der Waals surface area contributed by atoms with Crippen molar-refractivity contribution in [3.63, 3.8) is 0 Å². The molecule has 1 aromatic carbocycles. The number of hydrogen-bond acceptors (Lipinski definition) is 8. The fraction of sp³-hybridized carbons (Fsp3) is 0.375. The Morgan fingerprint density at radius 2 is 1.94 bits per heavy atom. The molecule has 1 saturated carbocycles. The molecule has 176 valence electrons. The number of fused-ring (bicyclic) bond motifs is 3. The van der Waals surface area contributed by atoms with Crippen LogP contribution in [0.3, 0.4) is 0 Å². The minimum absolute atomic E-state index is 0.0441. The van der Waals surface area contributed by atoms with E-state index >= 15 is 0 Å². The van der Waals surface area contributed by atoms with Crippen LogP contribution < -0.4 is 16.2 Å². The third-order valence-corrected chi connectivity index (χ3v) is 7.32. The van der Waals surface area contributed by atoms with Gasteiger partial charge in [-0.2, -0.15) is 0 Å². The Bertz CT molecular complexity index is 1410. The Morgan fingerprint density at radius 1 is 1.12 bits per heavy atom. The summed E-state index contributed by atoms with van der Waals surface area (Å²) in [5.41, 5.74) is 13.6. The van der Waals surface area contributed by atoms with Crippen molar-refractivity contribution in [1.82, 2.24) is 19.5 Å². The molecule has 0 amide bonds. The molecule has 34 heavy (non-hydrogen) atoms. The molecule has 1 aliphatic heterocycles. The van der Waals surface area contributed by atoms with Gasteiger partial charge >= 0.3 is 0 Å². The molecule has 6 rings (SSSR count). The van der Waals surface area contributed by atoms with Crippen LogP contribution in [-0.2, 0) is 9.47 Å². The Balaban J connectivity index is 1.27. The van der Waals surface area contributed by atoms with Crippen molar-refractivity contribution in [2.24, 2.45) is 5.92 Å². The summed E-state index contributed by atoms with van der Waals surface area (Å²) in [7, 11) is 0. The number of nitrogens with zero attached hydrogens (tertiary/aromatic N) is 4. The van der Waals surface area contributed by atoms with Crippen molar-refractivity contribution in [3.05, 3.63) is 47.3 Å². The number of ether oxygens (including phenoxy) is 3. The molecule has 1 aliphatic carbocycles. The minimum Gasteiger partial charge on any atom is -0.493 e. The lowest BCUT2D eigenvalue weighted by Crippen LogP contribution is -2.29. The van der Waals surface area contributed by atoms with Crippen molar-refractivity contribution >= 4 is 49.5 Å². The number of anilines is 2. The Hall–Kier alpha value is -2.95. The second-order valence-corrected chi connectivity index (χ2v) is 10.2. The highest BCUT2D eigenvalue weighted by Crippen LogP contribution is 2.48. The van der Waals surface area contributed by atoms with E-state index in [4.69, 9.17) is 25.7 Å². The quantitative estimate of drug-likeness (QED) is 0.409. The lowest BCUT2D eigenvalue weighted by molar-refractivity contribution is -0.161. The highest BCUT2D eigenvalue weighted by atomic mass is 79.9. The van der Waals surface area contributed by atoms with Crippen molar-refractivity contribution in [1.29, 1.82) is 0 Å². The first kappa shape index (κ1) is 21.6. The van der Waals surface area contributed by atoms with Crippen molar-refractivity contribution in [2.45, 2.75) is 44.3 Å². The van der Waals surface area contributed by atoms with Gasteiger partial charge in [-0.3, -0.25) is 0 Å². The molecule has 4 aromatic rings. The maximum atomic E-state index is 6.35. The van der Waals surface area contributed by atoms with Gasteiger partial charge in [-0.25, -0.2) is 15.0 Å². The lowest BCUT2D eigenvalue weighted by Gasteiger charge is -2.24. The van der Waals surface area contributed by atoms with E-state index in [0.717, 1.165) is 38.6 Å². The standard InChI is InChI=1S/C24H25BrN6O3/c1-24(2)33-19-13(10-32-14-4-3-12-7-16(25)22(27)30-17(12)9-14)8-18(20(19)34-24)31-6-5-15-21(26)28-11-29-23(15)31/h3-7,9,11,13,18-20H,8,10H2,1-2H3,(H2,27,30)(H2,26,28,29)/t13-,18-,19-,20+/m1/s1. The van der Waals surface area contributed by atoms with Gasteiger partial charge in [-0.15, -0.1) is 0 Å². The molecule has 0 bridgehead atoms. The van der Waals surface area contributed by atoms with Gasteiger partial charge in [-0.05, 0) is 60.5 Å². The number of nitrogens with two attached hydrogens (primary N) is 2. The number of rotatable bonds is 4. The second kappa shape index (κ2) is 7.79. The second-order valence-electron chi connectivity index (χ2n) is 9.37. The zero-order chi connectivity index (χ0) is 23.6. The molecule has 4 atom stereocenters. The molecule has 9 nitrogen and oxygen atoms in total. The summed E-state index contributed by atoms with van der Waals surface area (Å²) in [6, 6.07) is 9.80. The summed E-state index contributed by atoms with van der Waals surface area (Å²) < 4.78 is 21.8. The fourth-order valence-electron chi connectivity index (χ4n) is 5.18. The minimum atomic E-state index is -0.666. The highest BCUT2D eigenvalue weighted by Gasteiger charge is 2.55. The monoisotopic (exact) mass is 524 g/mol. The number of hydrogen-bond donors (Lipinski definition) is 2. The van der Waals surface area contributed by atoms with E-state index < -0.39 is 5.79 Å². The van der Waals surface area contributed by atoms with Gasteiger partial charge < -0.3 is 30.2 Å². The molecule has 0 spiro atoms. The Labute approximate surface area is 204 Å². The maximum absolute atomic E-state index is 6.35. The Kier molecular flexibility index (Phi) is 4.94. The van der Waals surface area contributed by atoms with Crippen molar-refractivity contribution in [2.75, 3.05) is 18.1 Å². The van der Waals surface area contributed by atoms with E-state index in [-0.39, 0.29) is 24.2 Å². The van der Waals surface area contributed by atoms with Crippen LogP contribution in [0.25, 0.3) is 21.9 Å². The topological polar surface area (TPSA) is 123 Å². The number of aromatic nitrogens is 4. The first-order chi connectivity index (χ1) is 16.3. The summed E-state index contributed by atoms with van der Waals surface area (Å²) in [6.07, 6.45) is 4.11. The molecule has 4 N–H and O–H groups in total. The summed E-state index contributed by atoms with van der Waals surface area (Å²) in [5.74, 6) is 1.13. The van der Waals surface area contributed by atoms with Crippen LogP contribution in [0.1, 0.15) is 26.3 Å². The van der Waals surface area contributed by atoms with E-state index in [2.05, 4.69) is 35.4 Å². The van der Waals surface area contributed by atoms with Crippen LogP contribution in [0.15, 0.2) is 47.3 Å². The Morgan fingerprint density at radius 3 is 2.79 bits per heavy atom. The zero-order valence-electron chi connectivity index (χ0n) is 18.8. The lowest BCUT2D eigenvalue weighted by atomic mass is 10.1. The van der Waals surface area contributed by atoms with Gasteiger partial charge in [0.2, 0.25) is 0 Å². The van der Waals surface area contributed by atoms with E-state index in [1.807, 2.05) is 50.4 Å². The molecule has 1 saturated heterocycles. The van der Waals surface area contributed by atoms with Gasteiger partial charge in [0, 0.05) is 23.6 Å². The van der Waals surface area contributed by atoms with E-state index in [1.54, 1.807) is 0 Å². The average molecular weight is 525 g/mol. The molecule has 3 aromatic heterocycles. The van der Waals surface area contributed by atoms with Crippen LogP contribution in [0.5, 0.6) is 5.75 Å². The summed E-state index contributed by atoms with van der Waals surface area (Å²) in [6.45, 7) is 4.39. The smallest absolute Gasteiger partial charge is 0.163 e. The molecule has 10 heteroatoms. The molecular formula is C24H25BrN6O3. The summed E-state index contributed by atoms with van der Waals surface area (Å²) in [5, 5.41) is 1.83. The molecule has 2 aliphatic rings. The zero-order valence-corrected chi connectivity index (χ0v) is 20.4. The van der Waals surface area contributed by atoms with Crippen LogP contribution in [0.4, 0.5) is 11.6 Å². The van der Waals surface area contributed by atoms with Crippen LogP contribution in [0, 0.1) is 5.92 Å². The SMILES string of the molecule is CC1(C)O[C@@H]2[C@@H](COc3ccc4cc(Br)c(N)nc4c3)C[C@@H](n3ccc4c(N)ncnc43)[C@@H]2O1. The van der Waals surface area contributed by atoms with Gasteiger partial charge in [-0.1, -0.05) is 0 Å². The summed E-state index contributed by atoms with van der Waals surface area (Å²) >= 11 is 3.42. The van der Waals surface area contributed by atoms with Gasteiger partial charge in [0.15, 0.2) is 5.79 Å². The molecular weight excluding hydrogens is 500 g/mol. The van der Waals surface area contributed by atoms with E-state index in [1.165, 1.54) is 6.33 Å². The van der Waals surface area contributed by atoms with Gasteiger partial charge in [0.1, 0.15) is 35.5 Å². The fourth-order valence-corrected chi connectivity index (χ4v) is 5.51. The normalized spacial score (nSPS) is 25.7. The number of halogens is 1. The van der Waals surface area contributed by atoms with E-state index in [0.29, 0.717) is 18.2 Å². The molecule has 0 radical (unpaired) electrons. The van der Waals surface area contributed by atoms with Crippen molar-refractivity contribution in [3.8, 4) is 5.75 Å². The van der Waals surface area contributed by atoms with Gasteiger partial charge in [0.05, 0.1) is 34.1 Å². The van der Waals surface area contributed by atoms with Gasteiger partial charge in [0.25, 0.3) is 0 Å². The predicted molar refractivity (Wildman–Crippen MR) is 132 cm³/mol. The molecule has 2 fully saturated rings. The number of pyridine rings is 1. The van der Waals surface area contributed by atoms with Crippen LogP contribution >= 0.6 is 15.9 Å². The van der Waals surface area contributed by atoms with Crippen LogP contribution in [-0.4, -0.2) is 44.1 Å². The molecule has 0 unspecified atom stereocenters. The number of nitrogen functional groups attached to an aromatic ring is 2. The number of benzene rings is 1. The third-order valence-electron chi connectivity index (χ3n) is 6.68. The largest absolute Gasteiger partial charge is 0.493 e. The first-order valence-electron chi connectivity index (χ1n) is 11.2. The van der Waals surface area contributed by atoms with Crippen LogP contribution in [0.2, 0.25) is 0 Å². The first-order valence-corrected chi connectivity index (χ1v) is 12.0. The highest BCUT2D eigenvalue weighted by molar-refractivity contribution is 9.10. The molecule has 4 heterocycles. The third kappa shape index (κ3) is 3.57. The predicted octanol–water partition coefficient (Wildman–Crippen LogP) is 4.07. The average Bonchev–Trinajstić information content (AvgIpc) is 3.45. The van der Waals surface area contributed by atoms with Crippen molar-refractivity contribution < 1.29 is 14.2 Å². The summed E-state index contributed by atoms with van der Waals surface area (Å²) in [4.78, 5) is 13.0.